The van der Waals surface area contributed by atoms with Gasteiger partial charge in [-0.3, -0.25) is 0 Å². The summed E-state index contributed by atoms with van der Waals surface area (Å²) in [7, 11) is 2.49. The number of benzene rings is 2. The summed E-state index contributed by atoms with van der Waals surface area (Å²) in [4.78, 5) is 25.4. The quantitative estimate of drug-likeness (QED) is 0.507. The lowest BCUT2D eigenvalue weighted by Crippen LogP contribution is -2.15. The van der Waals surface area contributed by atoms with Gasteiger partial charge in [0.05, 0.1) is 33.1 Å². The number of para-hydroxylation sites is 1. The Morgan fingerprint density at radius 3 is 2.13 bits per heavy atom. The number of carbonyl (C=O) groups excluding carboxylic acids is 2. The molecule has 0 amide bonds. The molecule has 0 aliphatic rings. The van der Waals surface area contributed by atoms with Crippen LogP contribution in [0.15, 0.2) is 48.5 Å². The highest BCUT2D eigenvalue weighted by atomic mass is 16.5. The normalized spacial score (nSPS) is 10.5. The zero-order valence-corrected chi connectivity index (χ0v) is 17.9. The number of hydrogen-bond donors (Lipinski definition) is 0. The molecule has 0 aliphatic carbocycles. The van der Waals surface area contributed by atoms with Gasteiger partial charge in [-0.2, -0.15) is 5.10 Å². The third kappa shape index (κ3) is 4.37. The highest BCUT2D eigenvalue weighted by Gasteiger charge is 2.31. The standard InChI is InChI=1S/C23H24N2O6/c1-5-30-17-13-12-15(14-18(17)31-6-2)20-19(22(26)28-3)21(23(27)29-4)25(24-20)16-10-8-7-9-11-16/h7-14H,5-6H2,1-4H3. The average Bonchev–Trinajstić information content (AvgIpc) is 3.20. The van der Waals surface area contributed by atoms with E-state index in [4.69, 9.17) is 18.9 Å². The van der Waals surface area contributed by atoms with Gasteiger partial charge in [0.25, 0.3) is 0 Å². The van der Waals surface area contributed by atoms with E-state index >= 15 is 0 Å². The summed E-state index contributed by atoms with van der Waals surface area (Å²) in [6, 6.07) is 14.2. The van der Waals surface area contributed by atoms with Gasteiger partial charge in [0, 0.05) is 5.56 Å². The Bertz CT molecular complexity index is 1080. The van der Waals surface area contributed by atoms with Crippen LogP contribution in [-0.2, 0) is 9.47 Å². The minimum atomic E-state index is -0.709. The van der Waals surface area contributed by atoms with Gasteiger partial charge in [-0.05, 0) is 44.2 Å². The van der Waals surface area contributed by atoms with Crippen LogP contribution in [-0.4, -0.2) is 49.2 Å². The van der Waals surface area contributed by atoms with Crippen molar-refractivity contribution in [1.82, 2.24) is 9.78 Å². The molecule has 0 radical (unpaired) electrons. The fraction of sp³-hybridized carbons (Fsp3) is 0.261. The first kappa shape index (κ1) is 21.9. The van der Waals surface area contributed by atoms with Crippen LogP contribution in [0.2, 0.25) is 0 Å². The van der Waals surface area contributed by atoms with Crippen LogP contribution in [0.1, 0.15) is 34.7 Å². The van der Waals surface area contributed by atoms with Crippen molar-refractivity contribution in [3.8, 4) is 28.4 Å². The van der Waals surface area contributed by atoms with Crippen molar-refractivity contribution in [2.45, 2.75) is 13.8 Å². The summed E-state index contributed by atoms with van der Waals surface area (Å²) in [6.07, 6.45) is 0. The van der Waals surface area contributed by atoms with Crippen molar-refractivity contribution in [3.05, 3.63) is 59.8 Å². The van der Waals surface area contributed by atoms with Gasteiger partial charge < -0.3 is 18.9 Å². The number of aromatic nitrogens is 2. The molecule has 162 valence electrons. The zero-order valence-electron chi connectivity index (χ0n) is 17.9. The maximum Gasteiger partial charge on any atom is 0.357 e. The number of ether oxygens (including phenoxy) is 4. The summed E-state index contributed by atoms with van der Waals surface area (Å²) in [5.41, 5.74) is 1.40. The van der Waals surface area contributed by atoms with Gasteiger partial charge >= 0.3 is 11.9 Å². The number of hydrogen-bond acceptors (Lipinski definition) is 7. The van der Waals surface area contributed by atoms with E-state index in [-0.39, 0.29) is 17.0 Å². The Morgan fingerprint density at radius 2 is 1.52 bits per heavy atom. The Labute approximate surface area is 180 Å². The van der Waals surface area contributed by atoms with Crippen LogP contribution in [0.4, 0.5) is 0 Å². The first-order valence-corrected chi connectivity index (χ1v) is 9.80. The van der Waals surface area contributed by atoms with Crippen molar-refractivity contribution in [2.75, 3.05) is 27.4 Å². The Kier molecular flexibility index (Phi) is 6.92. The topological polar surface area (TPSA) is 88.9 Å². The Morgan fingerprint density at radius 1 is 0.871 bits per heavy atom. The minimum Gasteiger partial charge on any atom is -0.490 e. The maximum absolute atomic E-state index is 12.7. The molecule has 0 saturated carbocycles. The summed E-state index contributed by atoms with van der Waals surface area (Å²) in [5, 5.41) is 4.58. The average molecular weight is 424 g/mol. The second-order valence-electron chi connectivity index (χ2n) is 6.33. The van der Waals surface area contributed by atoms with Crippen LogP contribution < -0.4 is 9.47 Å². The number of methoxy groups -OCH3 is 2. The molecule has 0 unspecified atom stereocenters. The third-order valence-electron chi connectivity index (χ3n) is 4.47. The van der Waals surface area contributed by atoms with Gasteiger partial charge in [0.15, 0.2) is 17.2 Å². The molecule has 1 aromatic heterocycles. The molecule has 0 N–H and O–H groups in total. The number of nitrogens with zero attached hydrogens (tertiary/aromatic N) is 2. The molecule has 2 aromatic carbocycles. The van der Waals surface area contributed by atoms with Gasteiger partial charge in [-0.15, -0.1) is 0 Å². The first-order valence-electron chi connectivity index (χ1n) is 9.80. The molecule has 0 saturated heterocycles. The molecule has 0 fully saturated rings. The van der Waals surface area contributed by atoms with Crippen LogP contribution in [0.3, 0.4) is 0 Å². The zero-order chi connectivity index (χ0) is 22.4. The van der Waals surface area contributed by atoms with Crippen molar-refractivity contribution in [3.63, 3.8) is 0 Å². The number of esters is 2. The van der Waals surface area contributed by atoms with E-state index in [0.717, 1.165) is 0 Å². The van der Waals surface area contributed by atoms with Crippen molar-refractivity contribution >= 4 is 11.9 Å². The summed E-state index contributed by atoms with van der Waals surface area (Å²) in [6.45, 7) is 4.64. The van der Waals surface area contributed by atoms with E-state index in [1.54, 1.807) is 42.5 Å². The van der Waals surface area contributed by atoms with E-state index < -0.39 is 11.9 Å². The van der Waals surface area contributed by atoms with Crippen LogP contribution in [0, 0.1) is 0 Å². The largest absolute Gasteiger partial charge is 0.490 e. The molecule has 8 nitrogen and oxygen atoms in total. The van der Waals surface area contributed by atoms with Gasteiger partial charge in [-0.1, -0.05) is 18.2 Å². The van der Waals surface area contributed by atoms with Crippen molar-refractivity contribution < 1.29 is 28.5 Å². The van der Waals surface area contributed by atoms with E-state index in [0.29, 0.717) is 36.0 Å². The van der Waals surface area contributed by atoms with Crippen molar-refractivity contribution in [2.24, 2.45) is 0 Å². The smallest absolute Gasteiger partial charge is 0.357 e. The molecular weight excluding hydrogens is 400 g/mol. The predicted octanol–water partition coefficient (Wildman–Crippen LogP) is 3.91. The van der Waals surface area contributed by atoms with Gasteiger partial charge in [0.2, 0.25) is 0 Å². The van der Waals surface area contributed by atoms with Crippen LogP contribution >= 0.6 is 0 Å². The number of rotatable bonds is 8. The van der Waals surface area contributed by atoms with Crippen LogP contribution in [0.5, 0.6) is 11.5 Å². The summed E-state index contributed by atoms with van der Waals surface area (Å²) >= 11 is 0. The highest BCUT2D eigenvalue weighted by molar-refractivity contribution is 6.06. The monoisotopic (exact) mass is 424 g/mol. The maximum atomic E-state index is 12.7. The fourth-order valence-electron chi connectivity index (χ4n) is 3.16. The molecule has 3 aromatic rings. The summed E-state index contributed by atoms with van der Waals surface area (Å²) in [5.74, 6) is -0.335. The molecule has 0 bridgehead atoms. The Hall–Kier alpha value is -3.81. The lowest BCUT2D eigenvalue weighted by molar-refractivity contribution is 0.0549. The Balaban J connectivity index is 2.29. The first-order chi connectivity index (χ1) is 15.0. The number of carbonyl (C=O) groups is 2. The van der Waals surface area contributed by atoms with E-state index in [9.17, 15) is 9.59 Å². The SMILES string of the molecule is CCOc1ccc(-c2nn(-c3ccccc3)c(C(=O)OC)c2C(=O)OC)cc1OCC. The molecular formula is C23H24N2O6. The van der Waals surface area contributed by atoms with Gasteiger partial charge in [0.1, 0.15) is 11.3 Å². The highest BCUT2D eigenvalue weighted by Crippen LogP contribution is 2.35. The van der Waals surface area contributed by atoms with E-state index in [2.05, 4.69) is 5.10 Å². The molecule has 0 atom stereocenters. The molecule has 1 heterocycles. The molecule has 0 spiro atoms. The van der Waals surface area contributed by atoms with E-state index in [1.165, 1.54) is 18.9 Å². The lowest BCUT2D eigenvalue weighted by Gasteiger charge is -2.12. The molecule has 8 heteroatoms. The van der Waals surface area contributed by atoms with Crippen molar-refractivity contribution in [1.29, 1.82) is 0 Å². The van der Waals surface area contributed by atoms with Gasteiger partial charge in [-0.25, -0.2) is 14.3 Å². The molecule has 31 heavy (non-hydrogen) atoms. The minimum absolute atomic E-state index is 0.00446. The second-order valence-corrected chi connectivity index (χ2v) is 6.33. The second kappa shape index (κ2) is 9.80. The van der Waals surface area contributed by atoms with Crippen LogP contribution in [0.25, 0.3) is 16.9 Å². The van der Waals surface area contributed by atoms with E-state index in [1.807, 2.05) is 19.9 Å². The molecule has 3 rings (SSSR count). The summed E-state index contributed by atoms with van der Waals surface area (Å²) < 4.78 is 22.6. The third-order valence-corrected chi connectivity index (χ3v) is 4.47. The fourth-order valence-corrected chi connectivity index (χ4v) is 3.16. The predicted molar refractivity (Wildman–Crippen MR) is 114 cm³/mol. The lowest BCUT2D eigenvalue weighted by atomic mass is 10.0. The molecule has 0 aliphatic heterocycles.